The van der Waals surface area contributed by atoms with E-state index in [4.69, 9.17) is 0 Å². The fourth-order valence-corrected chi connectivity index (χ4v) is 1.63. The molecule has 3 aromatic carbocycles. The summed E-state index contributed by atoms with van der Waals surface area (Å²) in [6, 6.07) is 25.8. The number of nitrogens with zero attached hydrogens (tertiary/aromatic N) is 1. The molecule has 0 heterocycles. The van der Waals surface area contributed by atoms with E-state index in [0.717, 1.165) is 16.1 Å². The summed E-state index contributed by atoms with van der Waals surface area (Å²) in [4.78, 5) is 5.29. The Kier molecular flexibility index (Phi) is 7.74. The van der Waals surface area contributed by atoms with Gasteiger partial charge >= 0.3 is 17.1 Å². The van der Waals surface area contributed by atoms with Crippen LogP contribution in [0.25, 0.3) is 0 Å². The Labute approximate surface area is 136 Å². The molecular formula is C17H15FeNS. The quantitative estimate of drug-likeness (QED) is 0.300. The predicted molar refractivity (Wildman–Crippen MR) is 85.0 cm³/mol. The largest absolute Gasteiger partial charge is 2.00 e. The molecule has 0 aliphatic carbocycles. The molecule has 0 aliphatic rings. The zero-order valence-electron chi connectivity index (χ0n) is 10.8. The van der Waals surface area contributed by atoms with Gasteiger partial charge in [-0.3, -0.25) is 4.99 Å². The fourth-order valence-electron chi connectivity index (χ4n) is 1.48. The molecule has 1 nitrogen and oxygen atoms in total. The summed E-state index contributed by atoms with van der Waals surface area (Å²) in [6.07, 6.45) is 1.85. The Balaban J connectivity index is 0.000000283. The van der Waals surface area contributed by atoms with Crippen molar-refractivity contribution in [2.75, 3.05) is 0 Å². The van der Waals surface area contributed by atoms with Crippen molar-refractivity contribution in [1.29, 1.82) is 0 Å². The SMILES string of the molecule is Sc1ccc(N=C[c-]2cccc2)cc1.[Fe+2].c1cc[cH-]c1. The molecule has 0 amide bonds. The standard InChI is InChI=1S/C12H10NS.C5H5.Fe/c14-12-7-5-11(6-8-12)13-9-10-3-1-2-4-10;1-2-4-5-3-1;/h1-9,14H;1-5H;/q2*-1;+2. The van der Waals surface area contributed by atoms with Gasteiger partial charge in [0.25, 0.3) is 0 Å². The van der Waals surface area contributed by atoms with Gasteiger partial charge in [-0.25, -0.2) is 24.3 Å². The summed E-state index contributed by atoms with van der Waals surface area (Å²) >= 11 is 4.21. The second-order valence-corrected chi connectivity index (χ2v) is 4.47. The molecule has 3 heteroatoms. The maximum absolute atomic E-state index is 4.33. The topological polar surface area (TPSA) is 12.4 Å². The third-order valence-electron chi connectivity index (χ3n) is 2.46. The molecule has 0 atom stereocenters. The van der Waals surface area contributed by atoms with Crippen LogP contribution in [0.1, 0.15) is 5.56 Å². The number of hydrogen-bond donors (Lipinski definition) is 1. The van der Waals surface area contributed by atoms with Gasteiger partial charge in [-0.15, -0.1) is 18.2 Å². The number of rotatable bonds is 2. The van der Waals surface area contributed by atoms with E-state index in [0.29, 0.717) is 0 Å². The second-order valence-electron chi connectivity index (χ2n) is 3.96. The number of thiol groups is 1. The zero-order valence-corrected chi connectivity index (χ0v) is 12.8. The Morgan fingerprint density at radius 2 is 1.55 bits per heavy atom. The molecule has 0 radical (unpaired) electrons. The van der Waals surface area contributed by atoms with Crippen LogP contribution in [0.2, 0.25) is 0 Å². The summed E-state index contributed by atoms with van der Waals surface area (Å²) in [5.41, 5.74) is 2.07. The maximum atomic E-state index is 4.33. The molecule has 0 unspecified atom stereocenters. The monoisotopic (exact) mass is 321 g/mol. The number of benzene rings is 1. The van der Waals surface area contributed by atoms with Gasteiger partial charge in [-0.05, 0) is 30.5 Å². The van der Waals surface area contributed by atoms with E-state index < -0.39 is 0 Å². The van der Waals surface area contributed by atoms with Crippen molar-refractivity contribution in [3.05, 3.63) is 84.4 Å². The average Bonchev–Trinajstić information content (AvgIpc) is 3.14. The minimum Gasteiger partial charge on any atom is -0.269 e. The van der Waals surface area contributed by atoms with E-state index in [2.05, 4.69) is 17.6 Å². The van der Waals surface area contributed by atoms with E-state index in [1.165, 1.54) is 0 Å². The van der Waals surface area contributed by atoms with Gasteiger partial charge in [-0.2, -0.15) is 30.3 Å². The molecule has 0 saturated carbocycles. The van der Waals surface area contributed by atoms with Crippen LogP contribution in [0.4, 0.5) is 5.69 Å². The van der Waals surface area contributed by atoms with Crippen LogP contribution in [-0.2, 0) is 17.1 Å². The van der Waals surface area contributed by atoms with Crippen LogP contribution >= 0.6 is 12.6 Å². The Morgan fingerprint density at radius 3 is 2.05 bits per heavy atom. The first kappa shape index (κ1) is 16.5. The van der Waals surface area contributed by atoms with Crippen molar-refractivity contribution in [3.8, 4) is 0 Å². The van der Waals surface area contributed by atoms with Crippen molar-refractivity contribution in [3.63, 3.8) is 0 Å². The Bertz CT molecular complexity index is 563. The van der Waals surface area contributed by atoms with Crippen molar-refractivity contribution in [1.82, 2.24) is 0 Å². The molecule has 102 valence electrons. The maximum Gasteiger partial charge on any atom is 2.00 e. The molecule has 0 saturated heterocycles. The Morgan fingerprint density at radius 1 is 0.950 bits per heavy atom. The first-order valence-electron chi connectivity index (χ1n) is 6.06. The minimum atomic E-state index is 0. The van der Waals surface area contributed by atoms with Crippen molar-refractivity contribution in [2.45, 2.75) is 4.90 Å². The summed E-state index contributed by atoms with van der Waals surface area (Å²) in [5, 5.41) is 0. The second kappa shape index (κ2) is 9.38. The van der Waals surface area contributed by atoms with E-state index in [1.54, 1.807) is 0 Å². The van der Waals surface area contributed by atoms with Gasteiger partial charge in [0, 0.05) is 4.90 Å². The molecule has 3 aromatic rings. The summed E-state index contributed by atoms with van der Waals surface area (Å²) in [7, 11) is 0. The molecular weight excluding hydrogens is 306 g/mol. The van der Waals surface area contributed by atoms with E-state index in [1.807, 2.05) is 85.1 Å². The molecule has 0 spiro atoms. The van der Waals surface area contributed by atoms with Crippen LogP contribution in [0.3, 0.4) is 0 Å². The molecule has 0 aromatic heterocycles. The summed E-state index contributed by atoms with van der Waals surface area (Å²) in [6.45, 7) is 0. The minimum absolute atomic E-state index is 0. The van der Waals surface area contributed by atoms with Crippen molar-refractivity contribution >= 4 is 24.5 Å². The average molecular weight is 321 g/mol. The first-order valence-corrected chi connectivity index (χ1v) is 6.51. The normalized spacial score (nSPS) is 9.65. The molecule has 0 bridgehead atoms. The van der Waals surface area contributed by atoms with Crippen LogP contribution in [0.5, 0.6) is 0 Å². The van der Waals surface area contributed by atoms with Crippen molar-refractivity contribution in [2.24, 2.45) is 4.99 Å². The van der Waals surface area contributed by atoms with Gasteiger partial charge < -0.3 is 0 Å². The van der Waals surface area contributed by atoms with E-state index >= 15 is 0 Å². The van der Waals surface area contributed by atoms with E-state index in [9.17, 15) is 0 Å². The molecule has 0 N–H and O–H groups in total. The zero-order chi connectivity index (χ0) is 13.3. The van der Waals surface area contributed by atoms with Gasteiger partial charge in [-0.1, -0.05) is 0 Å². The summed E-state index contributed by atoms with van der Waals surface area (Å²) < 4.78 is 0. The first-order chi connectivity index (χ1) is 9.34. The number of hydrogen-bond acceptors (Lipinski definition) is 2. The van der Waals surface area contributed by atoms with Crippen LogP contribution < -0.4 is 0 Å². The molecule has 3 rings (SSSR count). The third kappa shape index (κ3) is 6.07. The molecule has 20 heavy (non-hydrogen) atoms. The van der Waals surface area contributed by atoms with Crippen LogP contribution in [0, 0.1) is 0 Å². The molecule has 0 aliphatic heterocycles. The van der Waals surface area contributed by atoms with Crippen LogP contribution in [-0.4, -0.2) is 6.21 Å². The van der Waals surface area contributed by atoms with Gasteiger partial charge in [0.05, 0.1) is 5.69 Å². The predicted octanol–water partition coefficient (Wildman–Crippen LogP) is 4.85. The van der Waals surface area contributed by atoms with Gasteiger partial charge in [0.2, 0.25) is 0 Å². The fraction of sp³-hybridized carbons (Fsp3) is 0. The van der Waals surface area contributed by atoms with Crippen LogP contribution in [0.15, 0.2) is 88.8 Å². The number of aliphatic imine (C=N–C) groups is 1. The van der Waals surface area contributed by atoms with Crippen molar-refractivity contribution < 1.29 is 17.1 Å². The third-order valence-corrected chi connectivity index (χ3v) is 2.75. The summed E-state index contributed by atoms with van der Waals surface area (Å²) in [5.74, 6) is 0. The smallest absolute Gasteiger partial charge is 0.269 e. The van der Waals surface area contributed by atoms with Gasteiger partial charge in [0.15, 0.2) is 0 Å². The molecule has 0 fully saturated rings. The Hall–Kier alpha value is -1.54. The van der Waals surface area contributed by atoms with E-state index in [-0.39, 0.29) is 17.1 Å². The van der Waals surface area contributed by atoms with Gasteiger partial charge in [0.1, 0.15) is 0 Å².